The lowest BCUT2D eigenvalue weighted by Crippen LogP contribution is -2.14. The summed E-state index contributed by atoms with van der Waals surface area (Å²) >= 11 is 1.37. The number of hydrogen-bond acceptors (Lipinski definition) is 6. The first-order valence-electron chi connectivity index (χ1n) is 6.74. The third-order valence-corrected chi connectivity index (χ3v) is 3.47. The molecule has 0 aliphatic heterocycles. The van der Waals surface area contributed by atoms with Crippen LogP contribution < -0.4 is 10.1 Å². The molecule has 0 saturated heterocycles. The lowest BCUT2D eigenvalue weighted by Gasteiger charge is -2.08. The Kier molecular flexibility index (Phi) is 5.57. The van der Waals surface area contributed by atoms with E-state index in [0.717, 1.165) is 11.3 Å². The molecule has 21 heavy (non-hydrogen) atoms. The molecule has 0 radical (unpaired) electrons. The molecule has 0 saturated carbocycles. The number of anilines is 1. The van der Waals surface area contributed by atoms with Crippen LogP contribution in [0.2, 0.25) is 0 Å². The van der Waals surface area contributed by atoms with Gasteiger partial charge in [-0.1, -0.05) is 12.1 Å². The number of rotatable bonds is 7. The van der Waals surface area contributed by atoms with Crippen molar-refractivity contribution in [1.29, 1.82) is 0 Å². The minimum absolute atomic E-state index is 0.331. The van der Waals surface area contributed by atoms with Gasteiger partial charge in [0.2, 0.25) is 0 Å². The molecule has 0 unspecified atom stereocenters. The Morgan fingerprint density at radius 3 is 3.05 bits per heavy atom. The lowest BCUT2D eigenvalue weighted by atomic mass is 10.2. The normalized spacial score (nSPS) is 10.2. The quantitative estimate of drug-likeness (QED) is 0.629. The average Bonchev–Trinajstić information content (AvgIpc) is 2.92. The van der Waals surface area contributed by atoms with Crippen LogP contribution in [0.5, 0.6) is 5.75 Å². The van der Waals surface area contributed by atoms with Crippen LogP contribution in [0, 0.1) is 6.92 Å². The van der Waals surface area contributed by atoms with Crippen molar-refractivity contribution in [2.45, 2.75) is 13.8 Å². The maximum atomic E-state index is 11.7. The molecule has 1 aromatic heterocycles. The van der Waals surface area contributed by atoms with Gasteiger partial charge in [0.05, 0.1) is 12.1 Å². The molecule has 5 nitrogen and oxygen atoms in total. The fourth-order valence-electron chi connectivity index (χ4n) is 1.76. The van der Waals surface area contributed by atoms with Gasteiger partial charge >= 0.3 is 5.97 Å². The minimum Gasteiger partial charge on any atom is -0.492 e. The highest BCUT2D eigenvalue weighted by molar-refractivity contribution is 7.14. The van der Waals surface area contributed by atoms with E-state index in [-0.39, 0.29) is 0 Å². The van der Waals surface area contributed by atoms with Gasteiger partial charge in [-0.3, -0.25) is 0 Å². The van der Waals surface area contributed by atoms with Gasteiger partial charge in [0.1, 0.15) is 17.4 Å². The third kappa shape index (κ3) is 4.46. The van der Waals surface area contributed by atoms with Crippen molar-refractivity contribution < 1.29 is 14.3 Å². The average molecular weight is 306 g/mol. The molecule has 2 rings (SSSR count). The predicted molar refractivity (Wildman–Crippen MR) is 83.2 cm³/mol. The molecular formula is C15H18N2O3S. The van der Waals surface area contributed by atoms with E-state index in [1.807, 2.05) is 31.2 Å². The van der Waals surface area contributed by atoms with Gasteiger partial charge in [-0.05, 0) is 31.5 Å². The van der Waals surface area contributed by atoms with Crippen LogP contribution in [0.15, 0.2) is 29.8 Å². The number of nitrogens with zero attached hydrogens (tertiary/aromatic N) is 1. The van der Waals surface area contributed by atoms with E-state index in [2.05, 4.69) is 10.3 Å². The molecule has 0 amide bonds. The van der Waals surface area contributed by atoms with Crippen molar-refractivity contribution in [1.82, 2.24) is 4.98 Å². The van der Waals surface area contributed by atoms with Crippen LogP contribution in [0.25, 0.3) is 0 Å². The Morgan fingerprint density at radius 2 is 2.29 bits per heavy atom. The molecule has 0 aliphatic carbocycles. The number of aryl methyl sites for hydroxylation is 1. The third-order valence-electron chi connectivity index (χ3n) is 2.68. The first-order valence-corrected chi connectivity index (χ1v) is 7.62. The summed E-state index contributed by atoms with van der Waals surface area (Å²) in [4.78, 5) is 15.7. The van der Waals surface area contributed by atoms with E-state index in [1.54, 1.807) is 12.4 Å². The molecule has 1 N–H and O–H groups in total. The van der Waals surface area contributed by atoms with Gasteiger partial charge in [0, 0.05) is 6.54 Å². The maximum absolute atomic E-state index is 11.7. The summed E-state index contributed by atoms with van der Waals surface area (Å²) in [6.45, 7) is 5.22. The highest BCUT2D eigenvalue weighted by atomic mass is 32.1. The van der Waals surface area contributed by atoms with Crippen molar-refractivity contribution in [2.24, 2.45) is 0 Å². The van der Waals surface area contributed by atoms with Gasteiger partial charge < -0.3 is 14.8 Å². The summed E-state index contributed by atoms with van der Waals surface area (Å²) in [6.07, 6.45) is 0. The number of benzene rings is 1. The molecule has 0 bridgehead atoms. The SMILES string of the molecule is CCOC(=O)c1ncsc1NCCOc1cccc(C)c1. The van der Waals surface area contributed by atoms with Gasteiger partial charge in [0.25, 0.3) is 0 Å². The smallest absolute Gasteiger partial charge is 0.360 e. The van der Waals surface area contributed by atoms with Crippen LogP contribution in [-0.2, 0) is 4.74 Å². The summed E-state index contributed by atoms with van der Waals surface area (Å²) in [5, 5.41) is 3.86. The monoisotopic (exact) mass is 306 g/mol. The number of ether oxygens (including phenoxy) is 2. The van der Waals surface area contributed by atoms with Gasteiger partial charge in [0.15, 0.2) is 5.69 Å². The van der Waals surface area contributed by atoms with Crippen molar-refractivity contribution in [3.63, 3.8) is 0 Å². The zero-order valence-corrected chi connectivity index (χ0v) is 12.9. The molecule has 112 valence electrons. The summed E-state index contributed by atoms with van der Waals surface area (Å²) in [6, 6.07) is 7.88. The van der Waals surface area contributed by atoms with Crippen molar-refractivity contribution >= 4 is 22.3 Å². The second kappa shape index (κ2) is 7.64. The van der Waals surface area contributed by atoms with E-state index in [9.17, 15) is 4.79 Å². The highest BCUT2D eigenvalue weighted by Gasteiger charge is 2.15. The van der Waals surface area contributed by atoms with E-state index in [0.29, 0.717) is 30.5 Å². The van der Waals surface area contributed by atoms with E-state index in [1.165, 1.54) is 11.3 Å². The fraction of sp³-hybridized carbons (Fsp3) is 0.333. The zero-order chi connectivity index (χ0) is 15.1. The Bertz CT molecular complexity index is 598. The Hall–Kier alpha value is -2.08. The molecule has 6 heteroatoms. The van der Waals surface area contributed by atoms with E-state index in [4.69, 9.17) is 9.47 Å². The van der Waals surface area contributed by atoms with Crippen LogP contribution in [0.1, 0.15) is 23.0 Å². The Morgan fingerprint density at radius 1 is 1.43 bits per heavy atom. The van der Waals surface area contributed by atoms with E-state index >= 15 is 0 Å². The Balaban J connectivity index is 1.81. The second-order valence-electron chi connectivity index (χ2n) is 4.34. The van der Waals surface area contributed by atoms with Crippen LogP contribution >= 0.6 is 11.3 Å². The molecular weight excluding hydrogens is 288 g/mol. The number of carbonyl (C=O) groups is 1. The summed E-state index contributed by atoms with van der Waals surface area (Å²) in [5.74, 6) is 0.438. The first-order chi connectivity index (χ1) is 10.2. The molecule has 0 spiro atoms. The standard InChI is InChI=1S/C15H18N2O3S/c1-3-19-15(18)13-14(21-10-17-13)16-7-8-20-12-6-4-5-11(2)9-12/h4-6,9-10,16H,3,7-8H2,1-2H3. The van der Waals surface area contributed by atoms with Crippen LogP contribution in [-0.4, -0.2) is 30.7 Å². The minimum atomic E-state index is -0.402. The number of hydrogen-bond donors (Lipinski definition) is 1. The number of carbonyl (C=O) groups excluding carboxylic acids is 1. The Labute approximate surface area is 127 Å². The topological polar surface area (TPSA) is 60.5 Å². The molecule has 1 aromatic carbocycles. The number of esters is 1. The zero-order valence-electron chi connectivity index (χ0n) is 12.1. The number of aromatic nitrogens is 1. The van der Waals surface area contributed by atoms with Gasteiger partial charge in [-0.2, -0.15) is 0 Å². The van der Waals surface area contributed by atoms with Gasteiger partial charge in [-0.25, -0.2) is 9.78 Å². The molecule has 0 fully saturated rings. The largest absolute Gasteiger partial charge is 0.492 e. The van der Waals surface area contributed by atoms with Crippen LogP contribution in [0.4, 0.5) is 5.00 Å². The second-order valence-corrected chi connectivity index (χ2v) is 5.20. The molecule has 0 atom stereocenters. The first kappa shape index (κ1) is 15.3. The maximum Gasteiger partial charge on any atom is 0.360 e. The van der Waals surface area contributed by atoms with E-state index < -0.39 is 5.97 Å². The predicted octanol–water partition coefficient (Wildman–Crippen LogP) is 3.12. The molecule has 1 heterocycles. The van der Waals surface area contributed by atoms with Crippen molar-refractivity contribution in [3.05, 3.63) is 41.0 Å². The summed E-state index contributed by atoms with van der Waals surface area (Å²) < 4.78 is 10.6. The molecule has 0 aliphatic rings. The van der Waals surface area contributed by atoms with Crippen LogP contribution in [0.3, 0.4) is 0 Å². The van der Waals surface area contributed by atoms with Gasteiger partial charge in [-0.15, -0.1) is 11.3 Å². The molecule has 2 aromatic rings. The number of nitrogens with one attached hydrogen (secondary N) is 1. The highest BCUT2D eigenvalue weighted by Crippen LogP contribution is 2.20. The summed E-state index contributed by atoms with van der Waals surface area (Å²) in [5.41, 5.74) is 3.11. The number of thiazole rings is 1. The fourth-order valence-corrected chi connectivity index (χ4v) is 2.45. The summed E-state index contributed by atoms with van der Waals surface area (Å²) in [7, 11) is 0. The van der Waals surface area contributed by atoms with Crippen molar-refractivity contribution in [3.8, 4) is 5.75 Å². The van der Waals surface area contributed by atoms with Crippen molar-refractivity contribution in [2.75, 3.05) is 25.1 Å². The lowest BCUT2D eigenvalue weighted by molar-refractivity contribution is 0.0521.